The Balaban J connectivity index is 3.73. The van der Waals surface area contributed by atoms with E-state index in [4.69, 9.17) is 27.5 Å². The first-order chi connectivity index (χ1) is 6.91. The van der Waals surface area contributed by atoms with Crippen LogP contribution in [0, 0.1) is 18.3 Å². The molecule has 0 aliphatic carbocycles. The number of halogens is 2. The summed E-state index contributed by atoms with van der Waals surface area (Å²) >= 11 is 5.59. The van der Waals surface area contributed by atoms with Crippen molar-refractivity contribution in [3.8, 4) is 6.07 Å². The molecule has 0 N–H and O–H groups in total. The number of aryl methyl sites for hydroxylation is 1. The summed E-state index contributed by atoms with van der Waals surface area (Å²) in [5.41, 5.74) is 0.961. The minimum atomic E-state index is -3.95. The van der Waals surface area contributed by atoms with Crippen molar-refractivity contribution in [2.24, 2.45) is 0 Å². The number of nitriles is 1. The first-order valence-electron chi connectivity index (χ1n) is 3.95. The highest BCUT2D eigenvalue weighted by Crippen LogP contribution is 2.27. The van der Waals surface area contributed by atoms with Gasteiger partial charge in [-0.1, -0.05) is 12.1 Å². The highest BCUT2D eigenvalue weighted by Gasteiger charge is 2.21. The van der Waals surface area contributed by atoms with Gasteiger partial charge in [-0.3, -0.25) is 0 Å². The topological polar surface area (TPSA) is 57.9 Å². The third-order valence-corrected chi connectivity index (χ3v) is 3.65. The molecule has 1 aromatic carbocycles. The monoisotopic (exact) mass is 263 g/mol. The normalized spacial score (nSPS) is 11.1. The van der Waals surface area contributed by atoms with E-state index < -0.39 is 9.05 Å². The van der Waals surface area contributed by atoms with Crippen molar-refractivity contribution in [1.29, 1.82) is 5.26 Å². The van der Waals surface area contributed by atoms with E-state index in [1.54, 1.807) is 19.1 Å². The summed E-state index contributed by atoms with van der Waals surface area (Å²) in [5.74, 6) is -0.00373. The molecule has 0 spiro atoms. The van der Waals surface area contributed by atoms with Crippen molar-refractivity contribution in [3.05, 3.63) is 28.8 Å². The zero-order valence-corrected chi connectivity index (χ0v) is 10.1. The zero-order chi connectivity index (χ0) is 11.6. The van der Waals surface area contributed by atoms with Crippen LogP contribution in [0.25, 0.3) is 0 Å². The fourth-order valence-electron chi connectivity index (χ4n) is 1.25. The molecule has 0 atom stereocenters. The van der Waals surface area contributed by atoms with Crippen LogP contribution in [0.1, 0.15) is 16.7 Å². The van der Waals surface area contributed by atoms with Crippen molar-refractivity contribution in [3.63, 3.8) is 0 Å². The van der Waals surface area contributed by atoms with Crippen molar-refractivity contribution in [2.45, 2.75) is 17.7 Å². The Hall–Kier alpha value is -0.760. The van der Waals surface area contributed by atoms with Crippen LogP contribution in [-0.2, 0) is 14.9 Å². The Bertz CT molecular complexity index is 532. The maximum Gasteiger partial charge on any atom is 0.262 e. The van der Waals surface area contributed by atoms with Gasteiger partial charge in [0.15, 0.2) is 0 Å². The number of benzene rings is 1. The number of rotatable bonds is 2. The van der Waals surface area contributed by atoms with Crippen LogP contribution >= 0.6 is 22.3 Å². The van der Waals surface area contributed by atoms with Crippen LogP contribution in [0.5, 0.6) is 0 Å². The molecular formula is C9H7Cl2NO2S. The van der Waals surface area contributed by atoms with Gasteiger partial charge in [0.1, 0.15) is 11.0 Å². The molecule has 15 heavy (non-hydrogen) atoms. The van der Waals surface area contributed by atoms with E-state index in [9.17, 15) is 8.42 Å². The van der Waals surface area contributed by atoms with Crippen molar-refractivity contribution >= 4 is 31.3 Å². The van der Waals surface area contributed by atoms with Crippen LogP contribution < -0.4 is 0 Å². The quantitative estimate of drug-likeness (QED) is 0.609. The fourth-order valence-corrected chi connectivity index (χ4v) is 2.98. The Kier molecular flexibility index (Phi) is 3.61. The minimum absolute atomic E-state index is 0.00373. The van der Waals surface area contributed by atoms with E-state index in [1.807, 2.05) is 6.07 Å². The van der Waals surface area contributed by atoms with Gasteiger partial charge in [0.2, 0.25) is 0 Å². The number of alkyl halides is 1. The van der Waals surface area contributed by atoms with Gasteiger partial charge in [-0.2, -0.15) is 5.26 Å². The van der Waals surface area contributed by atoms with Crippen LogP contribution in [0.2, 0.25) is 0 Å². The summed E-state index contributed by atoms with van der Waals surface area (Å²) < 4.78 is 22.6. The maximum atomic E-state index is 11.3. The van der Waals surface area contributed by atoms with Crippen molar-refractivity contribution < 1.29 is 8.42 Å². The molecule has 0 bridgehead atoms. The second-order valence-electron chi connectivity index (χ2n) is 2.93. The molecule has 0 aliphatic heterocycles. The van der Waals surface area contributed by atoms with Gasteiger partial charge in [-0.15, -0.1) is 11.6 Å². The Morgan fingerprint density at radius 3 is 2.47 bits per heavy atom. The molecule has 0 saturated heterocycles. The largest absolute Gasteiger partial charge is 0.262 e. The molecule has 0 radical (unpaired) electrons. The summed E-state index contributed by atoms with van der Waals surface area (Å²) in [4.78, 5) is -0.179. The van der Waals surface area contributed by atoms with Crippen molar-refractivity contribution in [1.82, 2.24) is 0 Å². The lowest BCUT2D eigenvalue weighted by Crippen LogP contribution is -2.02. The van der Waals surface area contributed by atoms with Crippen LogP contribution in [0.3, 0.4) is 0 Å². The predicted molar refractivity (Wildman–Crippen MR) is 58.5 cm³/mol. The number of nitrogens with zero attached hydrogens (tertiary/aromatic N) is 1. The van der Waals surface area contributed by atoms with Crippen LogP contribution in [0.4, 0.5) is 0 Å². The Morgan fingerprint density at radius 2 is 2.07 bits per heavy atom. The molecule has 3 nitrogen and oxygen atoms in total. The Labute approximate surface area is 97.7 Å². The lowest BCUT2D eigenvalue weighted by molar-refractivity contribution is 0.608. The molecule has 0 saturated carbocycles. The maximum absolute atomic E-state index is 11.3. The molecule has 0 heterocycles. The summed E-state index contributed by atoms with van der Waals surface area (Å²) in [6, 6.07) is 5.02. The second kappa shape index (κ2) is 4.40. The molecule has 0 aromatic heterocycles. The van der Waals surface area contributed by atoms with E-state index in [0.717, 1.165) is 0 Å². The summed E-state index contributed by atoms with van der Waals surface area (Å²) in [6.07, 6.45) is 0. The molecule has 0 fully saturated rings. The van der Waals surface area contributed by atoms with Gasteiger partial charge in [-0.05, 0) is 18.1 Å². The predicted octanol–water partition coefficient (Wildman–Crippen LogP) is 2.53. The lowest BCUT2D eigenvalue weighted by Gasteiger charge is -2.07. The standard InChI is InChI=1S/C9H7Cl2NO2S/c1-6-2-3-7(4-10)9(8(6)5-12)15(11,13)14/h2-3H,4H2,1H3. The second-order valence-corrected chi connectivity index (χ2v) is 5.70. The van der Waals surface area contributed by atoms with E-state index in [0.29, 0.717) is 11.1 Å². The highest BCUT2D eigenvalue weighted by molar-refractivity contribution is 8.13. The summed E-state index contributed by atoms with van der Waals surface area (Å²) in [6.45, 7) is 1.64. The third kappa shape index (κ3) is 2.43. The number of hydrogen-bond acceptors (Lipinski definition) is 3. The summed E-state index contributed by atoms with van der Waals surface area (Å²) in [7, 11) is 1.32. The first-order valence-corrected chi connectivity index (χ1v) is 6.79. The average molecular weight is 264 g/mol. The summed E-state index contributed by atoms with van der Waals surface area (Å²) in [5, 5.41) is 8.87. The van der Waals surface area contributed by atoms with Crippen LogP contribution in [0.15, 0.2) is 17.0 Å². The van der Waals surface area contributed by atoms with E-state index in [1.165, 1.54) is 0 Å². The molecule has 1 aromatic rings. The molecule has 1 rings (SSSR count). The zero-order valence-electron chi connectivity index (χ0n) is 7.79. The van der Waals surface area contributed by atoms with E-state index in [-0.39, 0.29) is 16.3 Å². The van der Waals surface area contributed by atoms with Gasteiger partial charge < -0.3 is 0 Å². The van der Waals surface area contributed by atoms with Gasteiger partial charge in [0.05, 0.1) is 5.56 Å². The highest BCUT2D eigenvalue weighted by atomic mass is 35.7. The van der Waals surface area contributed by atoms with Gasteiger partial charge in [0.25, 0.3) is 9.05 Å². The first kappa shape index (κ1) is 12.3. The number of hydrogen-bond donors (Lipinski definition) is 0. The van der Waals surface area contributed by atoms with Gasteiger partial charge >= 0.3 is 0 Å². The van der Waals surface area contributed by atoms with Crippen molar-refractivity contribution in [2.75, 3.05) is 0 Å². The smallest absolute Gasteiger partial charge is 0.207 e. The molecule has 0 unspecified atom stereocenters. The van der Waals surface area contributed by atoms with E-state index >= 15 is 0 Å². The van der Waals surface area contributed by atoms with Gasteiger partial charge in [-0.25, -0.2) is 8.42 Å². The fraction of sp³-hybridized carbons (Fsp3) is 0.222. The average Bonchev–Trinajstić information content (AvgIpc) is 2.15. The third-order valence-electron chi connectivity index (χ3n) is 1.95. The van der Waals surface area contributed by atoms with Crippen LogP contribution in [-0.4, -0.2) is 8.42 Å². The van der Waals surface area contributed by atoms with E-state index in [2.05, 4.69) is 0 Å². The SMILES string of the molecule is Cc1ccc(CCl)c(S(=O)(=O)Cl)c1C#N. The molecule has 0 aliphatic rings. The molecule has 80 valence electrons. The minimum Gasteiger partial charge on any atom is -0.207 e. The molecular weight excluding hydrogens is 257 g/mol. The molecule has 0 amide bonds. The Morgan fingerprint density at radius 1 is 1.47 bits per heavy atom. The van der Waals surface area contributed by atoms with Gasteiger partial charge in [0, 0.05) is 16.6 Å². The lowest BCUT2D eigenvalue weighted by atomic mass is 10.1. The molecule has 6 heteroatoms.